The van der Waals surface area contributed by atoms with Crippen LogP contribution in [0.4, 0.5) is 11.4 Å². The quantitative estimate of drug-likeness (QED) is 0.899. The van der Waals surface area contributed by atoms with Gasteiger partial charge in [-0.3, -0.25) is 9.59 Å². The number of benzene rings is 2. The van der Waals surface area contributed by atoms with Gasteiger partial charge in [0.2, 0.25) is 5.91 Å². The van der Waals surface area contributed by atoms with Crippen molar-refractivity contribution in [1.29, 1.82) is 5.26 Å². The molecule has 1 aliphatic heterocycles. The second-order valence-corrected chi connectivity index (χ2v) is 6.15. The van der Waals surface area contributed by atoms with E-state index in [2.05, 4.69) is 5.32 Å². The molecule has 0 aliphatic carbocycles. The Hall–Kier alpha value is -3.53. The number of hydrogen-bond donors (Lipinski definition) is 1. The lowest BCUT2D eigenvalue weighted by atomic mass is 10.1. The summed E-state index contributed by atoms with van der Waals surface area (Å²) in [6.45, 7) is 1.59. The topological polar surface area (TPSA) is 91.7 Å². The van der Waals surface area contributed by atoms with Crippen molar-refractivity contribution in [3.63, 3.8) is 0 Å². The van der Waals surface area contributed by atoms with Gasteiger partial charge in [0.25, 0.3) is 5.91 Å². The molecule has 0 radical (unpaired) electrons. The van der Waals surface area contributed by atoms with Gasteiger partial charge in [0.15, 0.2) is 18.1 Å². The Labute approximate surface area is 157 Å². The molecular formula is C20H19N3O4. The van der Waals surface area contributed by atoms with Crippen LogP contribution in [0, 0.1) is 11.3 Å². The Kier molecular flexibility index (Phi) is 5.27. The van der Waals surface area contributed by atoms with Crippen molar-refractivity contribution in [2.45, 2.75) is 19.4 Å². The highest BCUT2D eigenvalue weighted by Gasteiger charge is 2.29. The highest BCUT2D eigenvalue weighted by Crippen LogP contribution is 2.32. The van der Waals surface area contributed by atoms with Crippen LogP contribution in [0.2, 0.25) is 0 Å². The van der Waals surface area contributed by atoms with E-state index in [1.165, 1.54) is 7.11 Å². The number of rotatable bonds is 4. The number of anilines is 2. The first-order chi connectivity index (χ1) is 13.0. The third-order valence-electron chi connectivity index (χ3n) is 4.27. The fraction of sp³-hybridized carbons (Fsp3) is 0.250. The number of methoxy groups -OCH3 is 1. The van der Waals surface area contributed by atoms with Crippen molar-refractivity contribution < 1.29 is 19.1 Å². The predicted octanol–water partition coefficient (Wildman–Crippen LogP) is 2.71. The summed E-state index contributed by atoms with van der Waals surface area (Å²) in [6, 6.07) is 13.6. The van der Waals surface area contributed by atoms with Crippen molar-refractivity contribution in [1.82, 2.24) is 0 Å². The number of fused-ring (bicyclic) bond motifs is 1. The third kappa shape index (κ3) is 3.85. The molecule has 0 bridgehead atoms. The Morgan fingerprint density at radius 3 is 2.81 bits per heavy atom. The fourth-order valence-electron chi connectivity index (χ4n) is 3.03. The van der Waals surface area contributed by atoms with E-state index >= 15 is 0 Å². The molecule has 0 saturated heterocycles. The molecule has 1 heterocycles. The molecule has 0 fully saturated rings. The van der Waals surface area contributed by atoms with Crippen LogP contribution in [-0.2, 0) is 9.59 Å². The van der Waals surface area contributed by atoms with Crippen LogP contribution >= 0.6 is 0 Å². The molecule has 0 aromatic heterocycles. The minimum absolute atomic E-state index is 0.139. The van der Waals surface area contributed by atoms with E-state index < -0.39 is 0 Å². The van der Waals surface area contributed by atoms with Crippen LogP contribution in [0.3, 0.4) is 0 Å². The van der Waals surface area contributed by atoms with E-state index in [0.717, 1.165) is 0 Å². The molecule has 2 amide bonds. The molecule has 0 saturated carbocycles. The number of nitriles is 1. The lowest BCUT2D eigenvalue weighted by Crippen LogP contribution is -2.41. The largest absolute Gasteiger partial charge is 0.493 e. The molecular weight excluding hydrogens is 346 g/mol. The minimum atomic E-state index is -0.312. The molecule has 138 valence electrons. The Morgan fingerprint density at radius 2 is 2.07 bits per heavy atom. The van der Waals surface area contributed by atoms with Crippen molar-refractivity contribution in [3.8, 4) is 17.6 Å². The van der Waals surface area contributed by atoms with Crippen molar-refractivity contribution in [3.05, 3.63) is 48.0 Å². The predicted molar refractivity (Wildman–Crippen MR) is 99.8 cm³/mol. The Morgan fingerprint density at radius 1 is 1.30 bits per heavy atom. The molecule has 7 heteroatoms. The molecule has 2 aromatic carbocycles. The van der Waals surface area contributed by atoms with Gasteiger partial charge in [-0.25, -0.2) is 0 Å². The van der Waals surface area contributed by atoms with Gasteiger partial charge in [0.05, 0.1) is 30.1 Å². The van der Waals surface area contributed by atoms with Gasteiger partial charge in [-0.2, -0.15) is 5.26 Å². The first kappa shape index (κ1) is 18.3. The van der Waals surface area contributed by atoms with Crippen molar-refractivity contribution in [2.24, 2.45) is 0 Å². The van der Waals surface area contributed by atoms with E-state index in [4.69, 9.17) is 14.7 Å². The Balaban J connectivity index is 1.82. The van der Waals surface area contributed by atoms with E-state index in [9.17, 15) is 9.59 Å². The zero-order valence-electron chi connectivity index (χ0n) is 15.1. The second kappa shape index (κ2) is 7.79. The van der Waals surface area contributed by atoms with Gasteiger partial charge in [0.1, 0.15) is 0 Å². The molecule has 1 atom stereocenters. The minimum Gasteiger partial charge on any atom is -0.493 e. The van der Waals surface area contributed by atoms with Crippen LogP contribution in [0.25, 0.3) is 0 Å². The van der Waals surface area contributed by atoms with Crippen LogP contribution in [0.15, 0.2) is 42.5 Å². The van der Waals surface area contributed by atoms with Crippen LogP contribution in [0.5, 0.6) is 11.5 Å². The fourth-order valence-corrected chi connectivity index (χ4v) is 3.03. The highest BCUT2D eigenvalue weighted by molar-refractivity contribution is 6.04. The van der Waals surface area contributed by atoms with Crippen molar-refractivity contribution >= 4 is 23.2 Å². The van der Waals surface area contributed by atoms with Gasteiger partial charge in [-0.1, -0.05) is 12.1 Å². The summed E-state index contributed by atoms with van der Waals surface area (Å²) in [5.74, 6) is 0.329. The first-order valence-electron chi connectivity index (χ1n) is 8.45. The van der Waals surface area contributed by atoms with Crippen LogP contribution < -0.4 is 19.7 Å². The van der Waals surface area contributed by atoms with Gasteiger partial charge < -0.3 is 19.7 Å². The lowest BCUT2D eigenvalue weighted by Gasteiger charge is -2.27. The van der Waals surface area contributed by atoms with Crippen molar-refractivity contribution in [2.75, 3.05) is 23.9 Å². The summed E-state index contributed by atoms with van der Waals surface area (Å²) >= 11 is 0. The number of para-hydroxylation sites is 2. The molecule has 3 rings (SSSR count). The summed E-state index contributed by atoms with van der Waals surface area (Å²) in [5.41, 5.74) is 1.66. The zero-order valence-corrected chi connectivity index (χ0v) is 15.1. The molecule has 0 spiro atoms. The summed E-state index contributed by atoms with van der Waals surface area (Å²) in [4.78, 5) is 26.5. The average Bonchev–Trinajstić information content (AvgIpc) is 2.80. The average molecular weight is 365 g/mol. The molecule has 1 N–H and O–H groups in total. The zero-order chi connectivity index (χ0) is 19.4. The molecule has 1 aliphatic rings. The summed E-state index contributed by atoms with van der Waals surface area (Å²) in [6.07, 6.45) is 0.195. The summed E-state index contributed by atoms with van der Waals surface area (Å²) < 4.78 is 10.9. The maximum atomic E-state index is 12.9. The normalized spacial score (nSPS) is 15.8. The van der Waals surface area contributed by atoms with Crippen LogP contribution in [0.1, 0.15) is 18.9 Å². The molecule has 27 heavy (non-hydrogen) atoms. The number of nitrogens with zero attached hydrogens (tertiary/aromatic N) is 2. The Bertz CT molecular complexity index is 920. The second-order valence-electron chi connectivity index (χ2n) is 6.15. The van der Waals surface area contributed by atoms with Gasteiger partial charge in [-0.15, -0.1) is 0 Å². The third-order valence-corrected chi connectivity index (χ3v) is 4.27. The number of nitrogens with one attached hydrogen (secondary N) is 1. The maximum absolute atomic E-state index is 12.9. The number of ether oxygens (including phenoxy) is 2. The smallest absolute Gasteiger partial charge is 0.265 e. The standard InChI is InChI=1S/C20H19N3O4/c1-13-9-19(24)22-15-5-3-4-6-16(15)23(13)20(25)12-27-17-8-7-14(11-21)10-18(17)26-2/h3-8,10,13H,9,12H2,1-2H3,(H,22,24)/t13-/m0/s1. The van der Waals surface area contributed by atoms with Crippen LogP contribution in [-0.4, -0.2) is 31.6 Å². The molecule has 2 aromatic rings. The maximum Gasteiger partial charge on any atom is 0.265 e. The van der Waals surface area contributed by atoms with E-state index in [1.807, 2.05) is 19.1 Å². The molecule has 7 nitrogen and oxygen atoms in total. The van der Waals surface area contributed by atoms with E-state index in [0.29, 0.717) is 28.4 Å². The SMILES string of the molecule is COc1cc(C#N)ccc1OCC(=O)N1c2ccccc2NC(=O)C[C@@H]1C. The summed E-state index contributed by atoms with van der Waals surface area (Å²) in [7, 11) is 1.47. The van der Waals surface area contributed by atoms with E-state index in [-0.39, 0.29) is 30.9 Å². The monoisotopic (exact) mass is 365 g/mol. The lowest BCUT2D eigenvalue weighted by molar-refractivity contribution is -0.121. The van der Waals surface area contributed by atoms with Gasteiger partial charge in [-0.05, 0) is 31.2 Å². The number of carbonyl (C=O) groups excluding carboxylic acids is 2. The van der Waals surface area contributed by atoms with Gasteiger partial charge in [0, 0.05) is 18.5 Å². The highest BCUT2D eigenvalue weighted by atomic mass is 16.5. The number of carbonyl (C=O) groups is 2. The molecule has 0 unspecified atom stereocenters. The first-order valence-corrected chi connectivity index (χ1v) is 8.45. The number of hydrogen-bond acceptors (Lipinski definition) is 5. The van der Waals surface area contributed by atoms with E-state index in [1.54, 1.807) is 41.3 Å². The number of amides is 2. The summed E-state index contributed by atoms with van der Waals surface area (Å²) in [5, 5.41) is 11.8. The van der Waals surface area contributed by atoms with Gasteiger partial charge >= 0.3 is 0 Å².